The standard InChI is InChI=1S/C24H31N3O4/c1-6-26(7-2)12-13-27-20-11-9-8-10-18(20)25-19(24(27)28)14-17-15-21(29-3)23(31-5)22(16-17)30-4/h8-11,15-16H,6-7,12-14H2,1-5H3/p+1. The summed E-state index contributed by atoms with van der Waals surface area (Å²) in [5.41, 5.74) is 3.00. The molecule has 31 heavy (non-hydrogen) atoms. The Hall–Kier alpha value is -3.06. The van der Waals surface area contributed by atoms with E-state index in [9.17, 15) is 4.79 Å². The minimum atomic E-state index is -0.0565. The van der Waals surface area contributed by atoms with Gasteiger partial charge in [0.25, 0.3) is 5.56 Å². The highest BCUT2D eigenvalue weighted by Crippen LogP contribution is 2.38. The Kier molecular flexibility index (Phi) is 7.52. The molecule has 0 aliphatic rings. The minimum absolute atomic E-state index is 0.0565. The number of methoxy groups -OCH3 is 3. The number of likely N-dealkylation sites (N-methyl/N-ethyl adjacent to an activating group) is 1. The molecule has 166 valence electrons. The van der Waals surface area contributed by atoms with Crippen LogP contribution in [-0.2, 0) is 13.0 Å². The van der Waals surface area contributed by atoms with Crippen molar-refractivity contribution in [1.82, 2.24) is 9.55 Å². The molecule has 1 N–H and O–H groups in total. The van der Waals surface area contributed by atoms with Gasteiger partial charge in [-0.15, -0.1) is 0 Å². The van der Waals surface area contributed by atoms with Crippen LogP contribution in [0.15, 0.2) is 41.2 Å². The number of benzene rings is 2. The average molecular weight is 427 g/mol. The molecule has 0 saturated carbocycles. The highest BCUT2D eigenvalue weighted by molar-refractivity contribution is 5.74. The number of nitrogens with one attached hydrogen (secondary N) is 1. The summed E-state index contributed by atoms with van der Waals surface area (Å²) in [5.74, 6) is 1.64. The molecule has 1 heterocycles. The molecule has 0 spiro atoms. The molecule has 0 aliphatic heterocycles. The van der Waals surface area contributed by atoms with E-state index in [2.05, 4.69) is 13.8 Å². The number of hydrogen-bond donors (Lipinski definition) is 1. The number of nitrogens with zero attached hydrogens (tertiary/aromatic N) is 2. The minimum Gasteiger partial charge on any atom is -0.493 e. The summed E-state index contributed by atoms with van der Waals surface area (Å²) in [4.78, 5) is 19.6. The highest BCUT2D eigenvalue weighted by Gasteiger charge is 2.17. The molecule has 0 bridgehead atoms. The number of ether oxygens (including phenoxy) is 3. The van der Waals surface area contributed by atoms with Crippen LogP contribution in [-0.4, -0.2) is 50.5 Å². The quantitative estimate of drug-likeness (QED) is 0.537. The van der Waals surface area contributed by atoms with Crippen LogP contribution in [0.4, 0.5) is 0 Å². The van der Waals surface area contributed by atoms with Gasteiger partial charge in [-0.2, -0.15) is 0 Å². The molecule has 0 radical (unpaired) electrons. The molecule has 3 aromatic rings. The van der Waals surface area contributed by atoms with Gasteiger partial charge in [-0.3, -0.25) is 9.36 Å². The normalized spacial score (nSPS) is 11.2. The summed E-state index contributed by atoms with van der Waals surface area (Å²) in [7, 11) is 4.73. The largest absolute Gasteiger partial charge is 0.493 e. The molecule has 7 heteroatoms. The number of aromatic nitrogens is 2. The summed E-state index contributed by atoms with van der Waals surface area (Å²) >= 11 is 0. The Balaban J connectivity index is 2.05. The second kappa shape index (κ2) is 10.3. The summed E-state index contributed by atoms with van der Waals surface area (Å²) in [5, 5.41) is 0. The zero-order valence-corrected chi connectivity index (χ0v) is 19.0. The van der Waals surface area contributed by atoms with Gasteiger partial charge in [-0.1, -0.05) is 12.1 Å². The molecule has 3 rings (SSSR count). The van der Waals surface area contributed by atoms with Crippen molar-refractivity contribution in [3.63, 3.8) is 0 Å². The second-order valence-electron chi connectivity index (χ2n) is 7.42. The predicted octanol–water partition coefficient (Wildman–Crippen LogP) is 1.94. The molecule has 0 fully saturated rings. The third-order valence-corrected chi connectivity index (χ3v) is 5.71. The van der Waals surface area contributed by atoms with Gasteiger partial charge in [0, 0.05) is 6.42 Å². The Morgan fingerprint density at radius 2 is 1.61 bits per heavy atom. The average Bonchev–Trinajstić information content (AvgIpc) is 2.80. The van der Waals surface area contributed by atoms with Gasteiger partial charge in [-0.25, -0.2) is 4.98 Å². The number of fused-ring (bicyclic) bond motifs is 1. The van der Waals surface area contributed by atoms with Gasteiger partial charge in [0.2, 0.25) is 5.75 Å². The molecule has 0 atom stereocenters. The first kappa shape index (κ1) is 22.6. The number of hydrogen-bond acceptors (Lipinski definition) is 5. The van der Waals surface area contributed by atoms with Crippen molar-refractivity contribution < 1.29 is 19.1 Å². The van der Waals surface area contributed by atoms with E-state index in [4.69, 9.17) is 19.2 Å². The van der Waals surface area contributed by atoms with Crippen molar-refractivity contribution >= 4 is 11.0 Å². The Morgan fingerprint density at radius 3 is 2.19 bits per heavy atom. The SMILES string of the molecule is CC[NH+](CC)CCn1c(=O)c(Cc2cc(OC)c(OC)c(OC)c2)nc2ccccc21. The Bertz CT molecular complexity index is 1060. The maximum absolute atomic E-state index is 13.4. The molecule has 2 aromatic carbocycles. The van der Waals surface area contributed by atoms with Gasteiger partial charge in [0.05, 0.1) is 58.5 Å². The topological polar surface area (TPSA) is 67.0 Å². The first-order chi connectivity index (χ1) is 15.1. The van der Waals surface area contributed by atoms with E-state index in [1.807, 2.05) is 41.0 Å². The number of rotatable bonds is 10. The number of para-hydroxylation sites is 2. The van der Waals surface area contributed by atoms with E-state index < -0.39 is 0 Å². The maximum atomic E-state index is 13.4. The lowest BCUT2D eigenvalue weighted by Crippen LogP contribution is -3.11. The highest BCUT2D eigenvalue weighted by atomic mass is 16.5. The van der Waals surface area contributed by atoms with Crippen molar-refractivity contribution in [1.29, 1.82) is 0 Å². The smallest absolute Gasteiger partial charge is 0.273 e. The van der Waals surface area contributed by atoms with Gasteiger partial charge in [-0.05, 0) is 43.7 Å². The van der Waals surface area contributed by atoms with Gasteiger partial charge in [0.15, 0.2) is 11.5 Å². The van der Waals surface area contributed by atoms with Crippen LogP contribution in [0.5, 0.6) is 17.2 Å². The second-order valence-corrected chi connectivity index (χ2v) is 7.42. The summed E-state index contributed by atoms with van der Waals surface area (Å²) in [6.45, 7) is 7.95. The van der Waals surface area contributed by atoms with Crippen LogP contribution in [0.2, 0.25) is 0 Å². The zero-order valence-electron chi connectivity index (χ0n) is 19.0. The van der Waals surface area contributed by atoms with Gasteiger partial charge < -0.3 is 19.1 Å². The zero-order chi connectivity index (χ0) is 22.4. The summed E-state index contributed by atoms with van der Waals surface area (Å²) < 4.78 is 18.2. The van der Waals surface area contributed by atoms with E-state index >= 15 is 0 Å². The fourth-order valence-electron chi connectivity index (χ4n) is 3.89. The Morgan fingerprint density at radius 1 is 0.968 bits per heavy atom. The fourth-order valence-corrected chi connectivity index (χ4v) is 3.89. The third-order valence-electron chi connectivity index (χ3n) is 5.71. The third kappa shape index (κ3) is 4.82. The van der Waals surface area contributed by atoms with E-state index in [1.165, 1.54) is 4.90 Å². The van der Waals surface area contributed by atoms with Crippen molar-refractivity contribution in [2.24, 2.45) is 0 Å². The summed E-state index contributed by atoms with van der Waals surface area (Å²) in [6, 6.07) is 11.5. The van der Waals surface area contributed by atoms with E-state index in [-0.39, 0.29) is 5.56 Å². The molecular weight excluding hydrogens is 394 g/mol. The lowest BCUT2D eigenvalue weighted by Gasteiger charge is -2.18. The lowest BCUT2D eigenvalue weighted by molar-refractivity contribution is -0.897. The van der Waals surface area contributed by atoms with Gasteiger partial charge in [0.1, 0.15) is 5.69 Å². The van der Waals surface area contributed by atoms with Crippen LogP contribution in [0.3, 0.4) is 0 Å². The van der Waals surface area contributed by atoms with E-state index in [0.717, 1.165) is 36.2 Å². The molecule has 0 amide bonds. The first-order valence-electron chi connectivity index (χ1n) is 10.7. The first-order valence-corrected chi connectivity index (χ1v) is 10.7. The predicted molar refractivity (Wildman–Crippen MR) is 122 cm³/mol. The fraction of sp³-hybridized carbons (Fsp3) is 0.417. The van der Waals surface area contributed by atoms with E-state index in [1.54, 1.807) is 21.3 Å². The van der Waals surface area contributed by atoms with Crippen molar-refractivity contribution in [2.75, 3.05) is 41.0 Å². The van der Waals surface area contributed by atoms with E-state index in [0.29, 0.717) is 35.9 Å². The molecular formula is C24H32N3O4+. The van der Waals surface area contributed by atoms with Gasteiger partial charge >= 0.3 is 0 Å². The van der Waals surface area contributed by atoms with Crippen molar-refractivity contribution in [3.8, 4) is 17.2 Å². The van der Waals surface area contributed by atoms with Crippen LogP contribution >= 0.6 is 0 Å². The Labute approximate surface area is 183 Å². The number of quaternary nitrogens is 1. The maximum Gasteiger partial charge on any atom is 0.273 e. The van der Waals surface area contributed by atoms with Crippen LogP contribution in [0.1, 0.15) is 25.1 Å². The van der Waals surface area contributed by atoms with Crippen LogP contribution in [0.25, 0.3) is 11.0 Å². The summed E-state index contributed by atoms with van der Waals surface area (Å²) in [6.07, 6.45) is 0.374. The van der Waals surface area contributed by atoms with Crippen molar-refractivity contribution in [3.05, 3.63) is 58.0 Å². The monoisotopic (exact) mass is 426 g/mol. The van der Waals surface area contributed by atoms with Crippen molar-refractivity contribution in [2.45, 2.75) is 26.8 Å². The molecule has 0 aliphatic carbocycles. The van der Waals surface area contributed by atoms with Crippen LogP contribution in [0, 0.1) is 0 Å². The van der Waals surface area contributed by atoms with Crippen LogP contribution < -0.4 is 24.7 Å². The lowest BCUT2D eigenvalue weighted by atomic mass is 10.1. The molecule has 1 aromatic heterocycles. The molecule has 7 nitrogen and oxygen atoms in total. The molecule has 0 saturated heterocycles. The molecule has 0 unspecified atom stereocenters.